The van der Waals surface area contributed by atoms with Crippen molar-refractivity contribution in [2.24, 2.45) is 4.99 Å². The summed E-state index contributed by atoms with van der Waals surface area (Å²) in [6.07, 6.45) is 2.71. The first-order valence-electron chi connectivity index (χ1n) is 10.2. The van der Waals surface area contributed by atoms with Gasteiger partial charge in [0.15, 0.2) is 5.96 Å². The molecule has 1 aliphatic heterocycles. The van der Waals surface area contributed by atoms with Crippen molar-refractivity contribution in [1.82, 2.24) is 30.3 Å². The van der Waals surface area contributed by atoms with E-state index in [4.69, 9.17) is 4.99 Å². The normalized spacial score (nSPS) is 16.3. The van der Waals surface area contributed by atoms with Crippen molar-refractivity contribution in [3.63, 3.8) is 0 Å². The summed E-state index contributed by atoms with van der Waals surface area (Å²) in [4.78, 5) is 22.9. The molecule has 0 saturated heterocycles. The maximum absolute atomic E-state index is 12.1. The van der Waals surface area contributed by atoms with E-state index in [-0.39, 0.29) is 11.9 Å². The second-order valence-corrected chi connectivity index (χ2v) is 7.55. The summed E-state index contributed by atoms with van der Waals surface area (Å²) >= 11 is 0. The van der Waals surface area contributed by atoms with Gasteiger partial charge in [-0.15, -0.1) is 0 Å². The van der Waals surface area contributed by atoms with E-state index >= 15 is 0 Å². The predicted molar refractivity (Wildman–Crippen MR) is 114 cm³/mol. The number of aryl methyl sites for hydroxylation is 2. The first-order valence-corrected chi connectivity index (χ1v) is 10.2. The van der Waals surface area contributed by atoms with Gasteiger partial charge in [-0.05, 0) is 44.4 Å². The highest BCUT2D eigenvalue weighted by Gasteiger charge is 2.21. The third-order valence-corrected chi connectivity index (χ3v) is 4.90. The third kappa shape index (κ3) is 5.56. The zero-order valence-electron chi connectivity index (χ0n) is 17.8. The summed E-state index contributed by atoms with van der Waals surface area (Å²) < 4.78 is 1.99. The molecule has 1 atom stereocenters. The van der Waals surface area contributed by atoms with Gasteiger partial charge in [-0.3, -0.25) is 9.79 Å². The Labute approximate surface area is 172 Å². The number of carbonyl (C=O) groups excluding carboxylic acids is 1. The van der Waals surface area contributed by atoms with Crippen LogP contribution in [0.15, 0.2) is 29.3 Å². The number of benzene rings is 1. The molecular formula is C21H31N7O. The van der Waals surface area contributed by atoms with Crippen molar-refractivity contribution in [2.75, 3.05) is 27.2 Å². The van der Waals surface area contributed by atoms with Crippen LogP contribution in [0.2, 0.25) is 0 Å². The molecule has 8 heteroatoms. The summed E-state index contributed by atoms with van der Waals surface area (Å²) in [5.41, 5.74) is 1.82. The Morgan fingerprint density at radius 2 is 2.21 bits per heavy atom. The molecule has 29 heavy (non-hydrogen) atoms. The molecule has 0 fully saturated rings. The van der Waals surface area contributed by atoms with Gasteiger partial charge in [0.2, 0.25) is 0 Å². The lowest BCUT2D eigenvalue weighted by Gasteiger charge is -2.25. The lowest BCUT2D eigenvalue weighted by molar-refractivity contribution is 0.0827. The van der Waals surface area contributed by atoms with Gasteiger partial charge in [-0.2, -0.15) is 5.10 Å². The highest BCUT2D eigenvalue weighted by atomic mass is 16.2. The van der Waals surface area contributed by atoms with E-state index in [9.17, 15) is 4.79 Å². The van der Waals surface area contributed by atoms with Crippen LogP contribution in [-0.2, 0) is 19.4 Å². The Balaban J connectivity index is 1.58. The van der Waals surface area contributed by atoms with Crippen molar-refractivity contribution in [1.29, 1.82) is 0 Å². The van der Waals surface area contributed by atoms with Gasteiger partial charge in [-0.25, -0.2) is 9.67 Å². The molecule has 1 unspecified atom stereocenters. The monoisotopic (exact) mass is 397 g/mol. The molecule has 1 aromatic carbocycles. The zero-order valence-corrected chi connectivity index (χ0v) is 17.8. The second kappa shape index (κ2) is 9.54. The summed E-state index contributed by atoms with van der Waals surface area (Å²) in [6, 6.07) is 8.05. The molecule has 2 N–H and O–H groups in total. The molecule has 3 rings (SSSR count). The number of guanidine groups is 1. The number of hydrogen-bond donors (Lipinski definition) is 2. The van der Waals surface area contributed by atoms with Crippen molar-refractivity contribution in [2.45, 2.75) is 45.7 Å². The Bertz CT molecular complexity index is 872. The van der Waals surface area contributed by atoms with Gasteiger partial charge in [-0.1, -0.05) is 12.1 Å². The van der Waals surface area contributed by atoms with E-state index in [1.807, 2.05) is 35.9 Å². The molecule has 1 aliphatic rings. The van der Waals surface area contributed by atoms with Crippen LogP contribution >= 0.6 is 0 Å². The van der Waals surface area contributed by atoms with Crippen molar-refractivity contribution in [3.8, 4) is 0 Å². The van der Waals surface area contributed by atoms with Crippen LogP contribution in [0.1, 0.15) is 40.9 Å². The Morgan fingerprint density at radius 3 is 2.97 bits per heavy atom. The van der Waals surface area contributed by atoms with Gasteiger partial charge < -0.3 is 15.5 Å². The number of rotatable bonds is 6. The van der Waals surface area contributed by atoms with E-state index in [0.717, 1.165) is 55.5 Å². The second-order valence-electron chi connectivity index (χ2n) is 7.55. The summed E-state index contributed by atoms with van der Waals surface area (Å²) in [5, 5.41) is 11.3. The fourth-order valence-electron chi connectivity index (χ4n) is 3.48. The van der Waals surface area contributed by atoms with E-state index < -0.39 is 0 Å². The number of nitrogens with one attached hydrogen (secondary N) is 2. The highest BCUT2D eigenvalue weighted by Crippen LogP contribution is 2.13. The van der Waals surface area contributed by atoms with Crippen LogP contribution < -0.4 is 10.6 Å². The Hall–Kier alpha value is -2.90. The van der Waals surface area contributed by atoms with Gasteiger partial charge in [0.25, 0.3) is 5.91 Å². The largest absolute Gasteiger partial charge is 0.357 e. The first kappa shape index (κ1) is 20.8. The predicted octanol–water partition coefficient (Wildman–Crippen LogP) is 1.40. The average Bonchev–Trinajstić information content (AvgIpc) is 3.07. The Kier molecular flexibility index (Phi) is 6.85. The molecule has 156 valence electrons. The highest BCUT2D eigenvalue weighted by molar-refractivity contribution is 5.94. The lowest BCUT2D eigenvalue weighted by Crippen LogP contribution is -2.47. The minimum atomic E-state index is 0.0189. The molecule has 2 heterocycles. The first-order chi connectivity index (χ1) is 14.0. The van der Waals surface area contributed by atoms with Crippen molar-refractivity contribution in [3.05, 3.63) is 47.0 Å². The molecule has 2 aromatic rings. The number of aliphatic imine (C=N–C) groups is 1. The van der Waals surface area contributed by atoms with Crippen LogP contribution in [0.25, 0.3) is 0 Å². The SMILES string of the molecule is CCNC(=NCCc1cccc(C(=O)N(C)C)c1)NC1CCc2nc(C)nn2C1. The van der Waals surface area contributed by atoms with Crippen LogP contribution in [0.3, 0.4) is 0 Å². The number of carbonyl (C=O) groups is 1. The number of aromatic nitrogens is 3. The van der Waals surface area contributed by atoms with Gasteiger partial charge in [0.1, 0.15) is 11.6 Å². The number of nitrogens with zero attached hydrogens (tertiary/aromatic N) is 5. The maximum atomic E-state index is 12.1. The molecule has 0 spiro atoms. The van der Waals surface area contributed by atoms with E-state index in [2.05, 4.69) is 27.6 Å². The minimum absolute atomic E-state index is 0.0189. The van der Waals surface area contributed by atoms with E-state index in [1.165, 1.54) is 0 Å². The smallest absolute Gasteiger partial charge is 0.253 e. The molecular weight excluding hydrogens is 366 g/mol. The Morgan fingerprint density at radius 1 is 1.38 bits per heavy atom. The summed E-state index contributed by atoms with van der Waals surface area (Å²) in [7, 11) is 3.53. The van der Waals surface area contributed by atoms with Crippen LogP contribution in [0.4, 0.5) is 0 Å². The maximum Gasteiger partial charge on any atom is 0.253 e. The molecule has 0 bridgehead atoms. The van der Waals surface area contributed by atoms with Crippen molar-refractivity contribution < 1.29 is 4.79 Å². The summed E-state index contributed by atoms with van der Waals surface area (Å²) in [6.45, 7) is 6.25. The standard InChI is InChI=1S/C21H31N7O/c1-5-22-21(25-18-9-10-19-24-15(2)26-28(19)14-18)23-12-11-16-7-6-8-17(13-16)20(29)27(3)4/h6-8,13,18H,5,9-12,14H2,1-4H3,(H2,22,23,25). The summed E-state index contributed by atoms with van der Waals surface area (Å²) in [5.74, 6) is 2.73. The quantitative estimate of drug-likeness (QED) is 0.568. The van der Waals surface area contributed by atoms with Gasteiger partial charge >= 0.3 is 0 Å². The number of hydrogen-bond acceptors (Lipinski definition) is 4. The lowest BCUT2D eigenvalue weighted by atomic mass is 10.1. The van der Waals surface area contributed by atoms with Crippen LogP contribution in [-0.4, -0.2) is 64.8 Å². The minimum Gasteiger partial charge on any atom is -0.357 e. The number of amides is 1. The fourth-order valence-corrected chi connectivity index (χ4v) is 3.48. The van der Waals surface area contributed by atoms with Crippen LogP contribution in [0.5, 0.6) is 0 Å². The zero-order chi connectivity index (χ0) is 20.8. The molecule has 0 aliphatic carbocycles. The molecule has 1 aromatic heterocycles. The van der Waals surface area contributed by atoms with E-state index in [1.54, 1.807) is 19.0 Å². The fraction of sp³-hybridized carbons (Fsp3) is 0.524. The number of fused-ring (bicyclic) bond motifs is 1. The van der Waals surface area contributed by atoms with Crippen LogP contribution in [0, 0.1) is 6.92 Å². The molecule has 0 radical (unpaired) electrons. The van der Waals surface area contributed by atoms with E-state index in [0.29, 0.717) is 12.1 Å². The molecule has 1 amide bonds. The van der Waals surface area contributed by atoms with Gasteiger partial charge in [0, 0.05) is 45.2 Å². The molecule has 8 nitrogen and oxygen atoms in total. The van der Waals surface area contributed by atoms with Crippen molar-refractivity contribution >= 4 is 11.9 Å². The average molecular weight is 398 g/mol. The third-order valence-electron chi connectivity index (χ3n) is 4.90. The van der Waals surface area contributed by atoms with Gasteiger partial charge in [0.05, 0.1) is 6.54 Å². The topological polar surface area (TPSA) is 87.4 Å². The molecule has 0 saturated carbocycles.